The van der Waals surface area contributed by atoms with Gasteiger partial charge in [-0.15, -0.1) is 0 Å². The second kappa shape index (κ2) is 7.62. The summed E-state index contributed by atoms with van der Waals surface area (Å²) in [6.45, 7) is 1.42. The minimum absolute atomic E-state index is 0.164. The maximum atomic E-state index is 11.7. The molecule has 0 fully saturated rings. The zero-order chi connectivity index (χ0) is 12.5. The number of nitrogens with two attached hydrogens (primary N) is 1. The second-order valence-electron chi connectivity index (χ2n) is 3.75. The molecule has 17 heavy (non-hydrogen) atoms. The van der Waals surface area contributed by atoms with Crippen LogP contribution in [0.5, 0.6) is 0 Å². The smallest absolute Gasteiger partial charge is 0.255 e. The number of nitrogens with zero attached hydrogens (tertiary/aromatic N) is 1. The van der Waals surface area contributed by atoms with Gasteiger partial charge in [-0.3, -0.25) is 4.79 Å². The number of nitrogens with one attached hydrogen (secondary N) is 1. The molecule has 0 saturated heterocycles. The van der Waals surface area contributed by atoms with Crippen molar-refractivity contribution >= 4 is 11.7 Å². The van der Waals surface area contributed by atoms with E-state index < -0.39 is 0 Å². The molecule has 3 N–H and O–H groups in total. The van der Waals surface area contributed by atoms with Crippen LogP contribution >= 0.6 is 0 Å². The molecular formula is C12H19N3O2. The van der Waals surface area contributed by atoms with E-state index >= 15 is 0 Å². The zero-order valence-electron chi connectivity index (χ0n) is 10.1. The van der Waals surface area contributed by atoms with Crippen molar-refractivity contribution < 1.29 is 9.53 Å². The summed E-state index contributed by atoms with van der Waals surface area (Å²) in [6, 6.07) is 3.37. The van der Waals surface area contributed by atoms with Crippen LogP contribution in [0.1, 0.15) is 29.6 Å². The molecule has 0 aromatic carbocycles. The lowest BCUT2D eigenvalue weighted by molar-refractivity contribution is 0.0953. The van der Waals surface area contributed by atoms with Crippen molar-refractivity contribution in [2.45, 2.75) is 19.3 Å². The number of ether oxygens (including phenoxy) is 1. The maximum Gasteiger partial charge on any atom is 0.255 e. The molecule has 1 aromatic heterocycles. The van der Waals surface area contributed by atoms with Crippen LogP contribution in [-0.4, -0.2) is 31.2 Å². The SMILES string of the molecule is COCCCCCNC(=O)c1cccnc1N. The van der Waals surface area contributed by atoms with Crippen molar-refractivity contribution in [3.8, 4) is 0 Å². The molecule has 1 amide bonds. The molecule has 0 unspecified atom stereocenters. The number of hydrogen-bond donors (Lipinski definition) is 2. The number of amides is 1. The lowest BCUT2D eigenvalue weighted by atomic mass is 10.2. The average molecular weight is 237 g/mol. The molecule has 0 radical (unpaired) electrons. The Labute approximate surface area is 101 Å². The third-order valence-corrected chi connectivity index (χ3v) is 2.39. The van der Waals surface area contributed by atoms with Gasteiger partial charge in [-0.25, -0.2) is 4.98 Å². The van der Waals surface area contributed by atoms with Crippen molar-refractivity contribution in [1.82, 2.24) is 10.3 Å². The van der Waals surface area contributed by atoms with Gasteiger partial charge in [-0.05, 0) is 31.4 Å². The summed E-state index contributed by atoms with van der Waals surface area (Å²) in [5, 5.41) is 2.82. The molecule has 94 valence electrons. The highest BCUT2D eigenvalue weighted by Gasteiger charge is 2.08. The van der Waals surface area contributed by atoms with Crippen molar-refractivity contribution in [3.63, 3.8) is 0 Å². The second-order valence-corrected chi connectivity index (χ2v) is 3.75. The molecule has 0 saturated carbocycles. The third-order valence-electron chi connectivity index (χ3n) is 2.39. The van der Waals surface area contributed by atoms with Gasteiger partial charge in [-0.2, -0.15) is 0 Å². The maximum absolute atomic E-state index is 11.7. The molecule has 0 spiro atoms. The quantitative estimate of drug-likeness (QED) is 0.699. The fraction of sp³-hybridized carbons (Fsp3) is 0.500. The molecular weight excluding hydrogens is 218 g/mol. The lowest BCUT2D eigenvalue weighted by Gasteiger charge is -2.06. The van der Waals surface area contributed by atoms with Gasteiger partial charge in [-0.1, -0.05) is 0 Å². The summed E-state index contributed by atoms with van der Waals surface area (Å²) in [6.07, 6.45) is 4.56. The van der Waals surface area contributed by atoms with E-state index in [4.69, 9.17) is 10.5 Å². The number of pyridine rings is 1. The van der Waals surface area contributed by atoms with Crippen LogP contribution in [-0.2, 0) is 4.74 Å². The molecule has 1 heterocycles. The van der Waals surface area contributed by atoms with Crippen molar-refractivity contribution in [3.05, 3.63) is 23.9 Å². The van der Waals surface area contributed by atoms with Crippen molar-refractivity contribution in [1.29, 1.82) is 0 Å². The minimum Gasteiger partial charge on any atom is -0.385 e. The van der Waals surface area contributed by atoms with E-state index in [0.29, 0.717) is 12.1 Å². The first-order valence-corrected chi connectivity index (χ1v) is 5.73. The van der Waals surface area contributed by atoms with Gasteiger partial charge in [0, 0.05) is 26.5 Å². The Morgan fingerprint density at radius 2 is 2.29 bits per heavy atom. The average Bonchev–Trinajstić information content (AvgIpc) is 2.34. The summed E-state index contributed by atoms with van der Waals surface area (Å²) < 4.78 is 4.94. The Kier molecular flexibility index (Phi) is 6.03. The van der Waals surface area contributed by atoms with Gasteiger partial charge in [0.25, 0.3) is 5.91 Å². The van der Waals surface area contributed by atoms with E-state index in [9.17, 15) is 4.79 Å². The molecule has 0 bridgehead atoms. The largest absolute Gasteiger partial charge is 0.385 e. The number of carbonyl (C=O) groups is 1. The molecule has 1 aromatic rings. The fourth-order valence-electron chi connectivity index (χ4n) is 1.45. The van der Waals surface area contributed by atoms with Crippen LogP contribution in [0.25, 0.3) is 0 Å². The molecule has 0 aliphatic heterocycles. The number of methoxy groups -OCH3 is 1. The summed E-state index contributed by atoms with van der Waals surface area (Å²) in [7, 11) is 1.69. The fourth-order valence-corrected chi connectivity index (χ4v) is 1.45. The Balaban J connectivity index is 2.24. The van der Waals surface area contributed by atoms with Crippen molar-refractivity contribution in [2.24, 2.45) is 0 Å². The van der Waals surface area contributed by atoms with Crippen molar-refractivity contribution in [2.75, 3.05) is 26.0 Å². The number of rotatable bonds is 7. The Bertz CT molecular complexity index is 355. The van der Waals surface area contributed by atoms with E-state index in [1.165, 1.54) is 0 Å². The highest BCUT2D eigenvalue weighted by atomic mass is 16.5. The first kappa shape index (κ1) is 13.4. The summed E-state index contributed by atoms with van der Waals surface area (Å²) >= 11 is 0. The zero-order valence-corrected chi connectivity index (χ0v) is 10.1. The summed E-state index contributed by atoms with van der Waals surface area (Å²) in [5.41, 5.74) is 6.04. The van der Waals surface area contributed by atoms with Gasteiger partial charge >= 0.3 is 0 Å². The molecule has 5 heteroatoms. The number of unbranched alkanes of at least 4 members (excludes halogenated alkanes) is 2. The number of nitrogen functional groups attached to an aromatic ring is 1. The topological polar surface area (TPSA) is 77.2 Å². The van der Waals surface area contributed by atoms with E-state index in [0.717, 1.165) is 25.9 Å². The molecule has 1 rings (SSSR count). The highest BCUT2D eigenvalue weighted by Crippen LogP contribution is 2.06. The standard InChI is InChI=1S/C12H19N3O2/c1-17-9-4-2-3-7-15-12(16)10-6-5-8-14-11(10)13/h5-6,8H,2-4,7,9H2,1H3,(H2,13,14)(H,15,16). The summed E-state index contributed by atoms with van der Waals surface area (Å²) in [5.74, 6) is 0.103. The van der Waals surface area contributed by atoms with Gasteiger partial charge in [0.1, 0.15) is 5.82 Å². The van der Waals surface area contributed by atoms with Crippen LogP contribution in [0.2, 0.25) is 0 Å². The van der Waals surface area contributed by atoms with Gasteiger partial charge < -0.3 is 15.8 Å². The van der Waals surface area contributed by atoms with E-state index in [2.05, 4.69) is 10.3 Å². The Morgan fingerprint density at radius 3 is 3.00 bits per heavy atom. The van der Waals surface area contributed by atoms with Crippen LogP contribution < -0.4 is 11.1 Å². The van der Waals surface area contributed by atoms with E-state index in [-0.39, 0.29) is 11.7 Å². The number of aromatic nitrogens is 1. The predicted molar refractivity (Wildman–Crippen MR) is 66.7 cm³/mol. The van der Waals surface area contributed by atoms with Gasteiger partial charge in [0.15, 0.2) is 0 Å². The molecule has 0 aliphatic rings. The highest BCUT2D eigenvalue weighted by molar-refractivity contribution is 5.98. The van der Waals surface area contributed by atoms with Gasteiger partial charge in [0.2, 0.25) is 0 Å². The molecule has 5 nitrogen and oxygen atoms in total. The van der Waals surface area contributed by atoms with E-state index in [1.807, 2.05) is 0 Å². The summed E-state index contributed by atoms with van der Waals surface area (Å²) in [4.78, 5) is 15.6. The predicted octanol–water partition coefficient (Wildman–Crippen LogP) is 1.21. The number of anilines is 1. The lowest BCUT2D eigenvalue weighted by Crippen LogP contribution is -2.25. The van der Waals surface area contributed by atoms with E-state index in [1.54, 1.807) is 25.4 Å². The van der Waals surface area contributed by atoms with Crippen LogP contribution in [0.3, 0.4) is 0 Å². The number of carbonyl (C=O) groups excluding carboxylic acids is 1. The van der Waals surface area contributed by atoms with Gasteiger partial charge in [0.05, 0.1) is 5.56 Å². The minimum atomic E-state index is -0.164. The third kappa shape index (κ3) is 4.82. The van der Waals surface area contributed by atoms with Crippen LogP contribution in [0.15, 0.2) is 18.3 Å². The Morgan fingerprint density at radius 1 is 1.47 bits per heavy atom. The monoisotopic (exact) mass is 237 g/mol. The molecule has 0 atom stereocenters. The Hall–Kier alpha value is -1.62. The number of hydrogen-bond acceptors (Lipinski definition) is 4. The first-order chi connectivity index (χ1) is 8.25. The van der Waals surface area contributed by atoms with Crippen LogP contribution in [0, 0.1) is 0 Å². The van der Waals surface area contributed by atoms with Crippen LogP contribution in [0.4, 0.5) is 5.82 Å². The normalized spacial score (nSPS) is 10.2. The first-order valence-electron chi connectivity index (χ1n) is 5.73. The molecule has 0 aliphatic carbocycles.